The van der Waals surface area contributed by atoms with E-state index in [4.69, 9.17) is 9.47 Å². The maximum Gasteiger partial charge on any atom is 0.254 e. The van der Waals surface area contributed by atoms with Crippen molar-refractivity contribution in [2.75, 3.05) is 26.9 Å². The molecule has 0 spiro atoms. The molecule has 0 radical (unpaired) electrons. The van der Waals surface area contributed by atoms with Crippen molar-refractivity contribution in [1.82, 2.24) is 4.90 Å². The number of amides is 1. The molecule has 0 bridgehead atoms. The van der Waals surface area contributed by atoms with Gasteiger partial charge in [0.15, 0.2) is 0 Å². The minimum Gasteiger partial charge on any atom is -0.493 e. The van der Waals surface area contributed by atoms with Gasteiger partial charge in [-0.25, -0.2) is 0 Å². The van der Waals surface area contributed by atoms with Crippen LogP contribution in [0.1, 0.15) is 28.8 Å². The van der Waals surface area contributed by atoms with Gasteiger partial charge in [0.05, 0.1) is 19.3 Å². The lowest BCUT2D eigenvalue weighted by molar-refractivity contribution is 0.0630. The first-order chi connectivity index (χ1) is 12.3. The van der Waals surface area contributed by atoms with E-state index < -0.39 is 0 Å². The number of benzene rings is 2. The van der Waals surface area contributed by atoms with Crippen molar-refractivity contribution in [2.24, 2.45) is 0 Å². The molecule has 0 unspecified atom stereocenters. The van der Waals surface area contributed by atoms with Gasteiger partial charge >= 0.3 is 0 Å². The lowest BCUT2D eigenvalue weighted by atomic mass is 9.99. The summed E-state index contributed by atoms with van der Waals surface area (Å²) in [6.45, 7) is 2.18. The molecule has 2 aliphatic heterocycles. The number of carbonyl (C=O) groups excluding carboxylic acids is 1. The highest BCUT2D eigenvalue weighted by molar-refractivity contribution is 5.96. The lowest BCUT2D eigenvalue weighted by Gasteiger charge is -2.24. The zero-order valence-electron chi connectivity index (χ0n) is 14.5. The summed E-state index contributed by atoms with van der Waals surface area (Å²) in [6.07, 6.45) is 3.02. The number of nitrogens with zero attached hydrogens (tertiary/aromatic N) is 1. The Bertz CT molecular complexity index is 786. The molecule has 1 amide bonds. The molecule has 2 heterocycles. The number of methoxy groups -OCH3 is 1. The molecule has 2 aromatic rings. The minimum atomic E-state index is 0.103. The van der Waals surface area contributed by atoms with Gasteiger partial charge in [-0.15, -0.1) is 0 Å². The van der Waals surface area contributed by atoms with Crippen LogP contribution in [0.2, 0.25) is 0 Å². The first-order valence-electron chi connectivity index (χ1n) is 8.92. The molecule has 1 fully saturated rings. The predicted molar refractivity (Wildman–Crippen MR) is 97.0 cm³/mol. The normalized spacial score (nSPS) is 18.9. The number of likely N-dealkylation sites (tertiary alicyclic amines) is 1. The highest BCUT2D eigenvalue weighted by atomic mass is 16.5. The molecule has 0 saturated carbocycles. The second-order valence-corrected chi connectivity index (χ2v) is 6.75. The summed E-state index contributed by atoms with van der Waals surface area (Å²) in [5.74, 6) is 1.08. The summed E-state index contributed by atoms with van der Waals surface area (Å²) in [6, 6.07) is 14.4. The van der Waals surface area contributed by atoms with Gasteiger partial charge in [0.1, 0.15) is 5.75 Å². The molecule has 25 heavy (non-hydrogen) atoms. The SMILES string of the molecule is COC[C@@H]1CCCN1C(=O)c1cccc(-c2ccc3c(c2)CCO3)c1. The van der Waals surface area contributed by atoms with Crippen LogP contribution in [0.3, 0.4) is 0 Å². The second kappa shape index (κ2) is 6.89. The maximum absolute atomic E-state index is 13.0. The Kier molecular flexibility index (Phi) is 4.45. The average Bonchev–Trinajstić information content (AvgIpc) is 3.30. The molecular weight excluding hydrogens is 314 g/mol. The number of fused-ring (bicyclic) bond motifs is 1. The Morgan fingerprint density at radius 1 is 1.24 bits per heavy atom. The van der Waals surface area contributed by atoms with Gasteiger partial charge in [0, 0.05) is 25.6 Å². The number of rotatable bonds is 4. The maximum atomic E-state index is 13.0. The smallest absolute Gasteiger partial charge is 0.254 e. The summed E-state index contributed by atoms with van der Waals surface area (Å²) >= 11 is 0. The first kappa shape index (κ1) is 16.2. The first-order valence-corrected chi connectivity index (χ1v) is 8.92. The van der Waals surface area contributed by atoms with E-state index in [9.17, 15) is 4.79 Å². The highest BCUT2D eigenvalue weighted by Gasteiger charge is 2.29. The number of hydrogen-bond donors (Lipinski definition) is 0. The van der Waals surface area contributed by atoms with Crippen LogP contribution in [0, 0.1) is 0 Å². The molecule has 2 aromatic carbocycles. The van der Waals surface area contributed by atoms with Crippen molar-refractivity contribution < 1.29 is 14.3 Å². The van der Waals surface area contributed by atoms with Crippen LogP contribution in [-0.2, 0) is 11.2 Å². The zero-order valence-corrected chi connectivity index (χ0v) is 14.5. The van der Waals surface area contributed by atoms with E-state index in [0.29, 0.717) is 6.61 Å². The van der Waals surface area contributed by atoms with Crippen molar-refractivity contribution >= 4 is 5.91 Å². The summed E-state index contributed by atoms with van der Waals surface area (Å²) in [4.78, 5) is 14.9. The molecule has 4 rings (SSSR count). The Morgan fingerprint density at radius 3 is 3.00 bits per heavy atom. The topological polar surface area (TPSA) is 38.8 Å². The van der Waals surface area contributed by atoms with Crippen molar-refractivity contribution in [3.05, 3.63) is 53.6 Å². The number of hydrogen-bond acceptors (Lipinski definition) is 3. The summed E-state index contributed by atoms with van der Waals surface area (Å²) < 4.78 is 10.9. The number of ether oxygens (including phenoxy) is 2. The molecule has 130 valence electrons. The molecule has 4 heteroatoms. The molecule has 4 nitrogen and oxygen atoms in total. The van der Waals surface area contributed by atoms with Crippen molar-refractivity contribution in [3.8, 4) is 16.9 Å². The van der Waals surface area contributed by atoms with E-state index in [1.54, 1.807) is 7.11 Å². The van der Waals surface area contributed by atoms with Crippen LogP contribution < -0.4 is 4.74 Å². The van der Waals surface area contributed by atoms with Gasteiger partial charge in [-0.05, 0) is 53.8 Å². The molecule has 0 N–H and O–H groups in total. The van der Waals surface area contributed by atoms with E-state index in [2.05, 4.69) is 18.2 Å². The van der Waals surface area contributed by atoms with E-state index in [0.717, 1.165) is 54.9 Å². The third-order valence-electron chi connectivity index (χ3n) is 5.13. The standard InChI is InChI=1S/C21H23NO3/c1-24-14-19-6-3-10-22(19)21(23)18-5-2-4-15(13-18)16-7-8-20-17(12-16)9-11-25-20/h2,4-5,7-8,12-13,19H,3,6,9-11,14H2,1H3/t19-/m0/s1. The highest BCUT2D eigenvalue weighted by Crippen LogP contribution is 2.31. The van der Waals surface area contributed by atoms with Crippen LogP contribution in [0.4, 0.5) is 0 Å². The fourth-order valence-corrected chi connectivity index (χ4v) is 3.83. The molecule has 2 aliphatic rings. The van der Waals surface area contributed by atoms with Crippen LogP contribution >= 0.6 is 0 Å². The van der Waals surface area contributed by atoms with Gasteiger partial charge in [-0.1, -0.05) is 18.2 Å². The van der Waals surface area contributed by atoms with Gasteiger partial charge in [-0.2, -0.15) is 0 Å². The molecular formula is C21H23NO3. The fraction of sp³-hybridized carbons (Fsp3) is 0.381. The second-order valence-electron chi connectivity index (χ2n) is 6.75. The summed E-state index contributed by atoms with van der Waals surface area (Å²) in [7, 11) is 1.69. The fourth-order valence-electron chi connectivity index (χ4n) is 3.83. The molecule has 1 atom stereocenters. The van der Waals surface area contributed by atoms with Gasteiger partial charge in [0.2, 0.25) is 0 Å². The monoisotopic (exact) mass is 337 g/mol. The largest absolute Gasteiger partial charge is 0.493 e. The average molecular weight is 337 g/mol. The van der Waals surface area contributed by atoms with Crippen LogP contribution in [0.25, 0.3) is 11.1 Å². The minimum absolute atomic E-state index is 0.103. The predicted octanol–water partition coefficient (Wildman–Crippen LogP) is 3.54. The third-order valence-corrected chi connectivity index (χ3v) is 5.13. The molecule has 1 saturated heterocycles. The van der Waals surface area contributed by atoms with E-state index in [1.165, 1.54) is 5.56 Å². The van der Waals surface area contributed by atoms with Gasteiger partial charge in [0.25, 0.3) is 5.91 Å². The van der Waals surface area contributed by atoms with Crippen molar-refractivity contribution in [1.29, 1.82) is 0 Å². The zero-order chi connectivity index (χ0) is 17.2. The summed E-state index contributed by atoms with van der Waals surface area (Å²) in [5.41, 5.74) is 4.20. The van der Waals surface area contributed by atoms with Crippen molar-refractivity contribution in [2.45, 2.75) is 25.3 Å². The third kappa shape index (κ3) is 3.14. The molecule has 0 aliphatic carbocycles. The van der Waals surface area contributed by atoms with Gasteiger partial charge in [-0.3, -0.25) is 4.79 Å². The molecule has 0 aromatic heterocycles. The van der Waals surface area contributed by atoms with E-state index in [-0.39, 0.29) is 11.9 Å². The van der Waals surface area contributed by atoms with Crippen LogP contribution in [0.5, 0.6) is 5.75 Å². The number of carbonyl (C=O) groups is 1. The Labute approximate surface area is 148 Å². The summed E-state index contributed by atoms with van der Waals surface area (Å²) in [5, 5.41) is 0. The van der Waals surface area contributed by atoms with E-state index >= 15 is 0 Å². The lowest BCUT2D eigenvalue weighted by Crippen LogP contribution is -2.38. The van der Waals surface area contributed by atoms with Crippen LogP contribution in [-0.4, -0.2) is 43.7 Å². The van der Waals surface area contributed by atoms with Gasteiger partial charge < -0.3 is 14.4 Å². The Hall–Kier alpha value is -2.33. The van der Waals surface area contributed by atoms with Crippen molar-refractivity contribution in [3.63, 3.8) is 0 Å². The quantitative estimate of drug-likeness (QED) is 0.856. The Morgan fingerprint density at radius 2 is 2.12 bits per heavy atom. The Balaban J connectivity index is 1.60. The van der Waals surface area contributed by atoms with E-state index in [1.807, 2.05) is 29.2 Å². The van der Waals surface area contributed by atoms with Crippen LogP contribution in [0.15, 0.2) is 42.5 Å².